The van der Waals surface area contributed by atoms with Gasteiger partial charge in [0.05, 0.1) is 54.6 Å². The highest BCUT2D eigenvalue weighted by atomic mass is 32.2. The molecule has 2 atom stereocenters. The normalized spacial score (nSPS) is 16.9. The van der Waals surface area contributed by atoms with Gasteiger partial charge in [-0.2, -0.15) is 13.2 Å². The van der Waals surface area contributed by atoms with Gasteiger partial charge in [0, 0.05) is 79.3 Å². The third kappa shape index (κ3) is 13.6. The topological polar surface area (TPSA) is 273 Å². The van der Waals surface area contributed by atoms with Gasteiger partial charge in [-0.3, -0.25) is 43.9 Å². The van der Waals surface area contributed by atoms with Crippen LogP contribution in [0.1, 0.15) is 56.8 Å². The molecule has 0 bridgehead atoms. The molecule has 7 rings (SSSR count). The highest BCUT2D eigenvalue weighted by molar-refractivity contribution is 7.99. The summed E-state index contributed by atoms with van der Waals surface area (Å²) in [6.07, 6.45) is 0.479. The van der Waals surface area contributed by atoms with Gasteiger partial charge in [0.2, 0.25) is 17.7 Å². The molecule has 4 aromatic rings. The van der Waals surface area contributed by atoms with E-state index < -0.39 is 82.5 Å². The van der Waals surface area contributed by atoms with E-state index in [4.69, 9.17) is 15.2 Å². The van der Waals surface area contributed by atoms with Gasteiger partial charge in [0.1, 0.15) is 10.9 Å². The first kappa shape index (κ1) is 55.2. The van der Waals surface area contributed by atoms with Crippen molar-refractivity contribution in [3.63, 3.8) is 0 Å². The average molecular weight is 1090 g/mol. The first-order chi connectivity index (χ1) is 35.2. The number of carbonyl (C=O) groups excluding carboxylic acids is 6. The maximum atomic E-state index is 14.2. The number of anilines is 3. The summed E-state index contributed by atoms with van der Waals surface area (Å²) in [5.41, 5.74) is 0.184. The second kappa shape index (κ2) is 24.2. The number of thioether (sulfide) groups is 1. The van der Waals surface area contributed by atoms with Crippen LogP contribution < -0.4 is 26.4 Å². The number of benzene rings is 4. The molecule has 1 unspecified atom stereocenters. The molecule has 6 amide bonds. The summed E-state index contributed by atoms with van der Waals surface area (Å²) in [6, 6.07) is 19.5. The van der Waals surface area contributed by atoms with Crippen LogP contribution in [-0.4, -0.2) is 156 Å². The zero-order valence-electron chi connectivity index (χ0n) is 39.6. The SMILES string of the molecule is Nc1ccc(C(=O)NS(=O)(=O)c2ccc(N[C@H](CCN3CCN(C(=O)CCOCCOCCNc4cccc5c4C(=O)N(C4CCC(=O)NC4=O)C5=O)CC3)CSc3ccccc3)c(S(=O)(=O)C(F)(F)F)c2)cc1. The predicted molar refractivity (Wildman–Crippen MR) is 265 cm³/mol. The number of hydrogen-bond acceptors (Lipinski definition) is 17. The number of ether oxygens (including phenoxy) is 2. The van der Waals surface area contributed by atoms with Gasteiger partial charge in [0.15, 0.2) is 0 Å². The van der Waals surface area contributed by atoms with Crippen LogP contribution in [0.2, 0.25) is 0 Å². The number of nitrogen functional groups attached to an aromatic ring is 1. The number of amides is 6. The Hall–Kier alpha value is -6.58. The Morgan fingerprint density at radius 3 is 2.22 bits per heavy atom. The number of carbonyl (C=O) groups is 6. The molecule has 2 fully saturated rings. The van der Waals surface area contributed by atoms with Crippen molar-refractivity contribution in [1.82, 2.24) is 24.7 Å². The van der Waals surface area contributed by atoms with Gasteiger partial charge < -0.3 is 30.7 Å². The van der Waals surface area contributed by atoms with Gasteiger partial charge in [-0.15, -0.1) is 11.8 Å². The van der Waals surface area contributed by atoms with E-state index >= 15 is 0 Å². The fourth-order valence-corrected chi connectivity index (χ4v) is 11.3. The van der Waals surface area contributed by atoms with Crippen LogP contribution in [0.15, 0.2) is 106 Å². The van der Waals surface area contributed by atoms with E-state index in [1.54, 1.807) is 21.8 Å². The number of fused-ring (bicyclic) bond motifs is 1. The molecule has 6 N–H and O–H groups in total. The van der Waals surface area contributed by atoms with Gasteiger partial charge in [-0.05, 0) is 79.6 Å². The van der Waals surface area contributed by atoms with E-state index in [1.807, 2.05) is 30.3 Å². The minimum Gasteiger partial charge on any atom is -0.399 e. The lowest BCUT2D eigenvalue weighted by molar-refractivity contribution is -0.136. The highest BCUT2D eigenvalue weighted by Crippen LogP contribution is 2.37. The van der Waals surface area contributed by atoms with Gasteiger partial charge in [-0.1, -0.05) is 24.3 Å². The van der Waals surface area contributed by atoms with E-state index in [0.29, 0.717) is 50.9 Å². The zero-order valence-corrected chi connectivity index (χ0v) is 42.0. The maximum Gasteiger partial charge on any atom is 0.501 e. The molecule has 396 valence electrons. The predicted octanol–water partition coefficient (Wildman–Crippen LogP) is 3.72. The summed E-state index contributed by atoms with van der Waals surface area (Å²) in [4.78, 5) is 79.5. The van der Waals surface area contributed by atoms with Crippen LogP contribution in [0, 0.1) is 0 Å². The summed E-state index contributed by atoms with van der Waals surface area (Å²) < 4.78 is 108. The van der Waals surface area contributed by atoms with Crippen LogP contribution >= 0.6 is 11.8 Å². The number of nitrogens with zero attached hydrogens (tertiary/aromatic N) is 3. The van der Waals surface area contributed by atoms with E-state index in [2.05, 4.69) is 20.9 Å². The van der Waals surface area contributed by atoms with Crippen molar-refractivity contribution in [3.8, 4) is 0 Å². The number of nitrogens with one attached hydrogen (secondary N) is 4. The molecule has 0 spiro atoms. The smallest absolute Gasteiger partial charge is 0.399 e. The van der Waals surface area contributed by atoms with Crippen LogP contribution in [0.25, 0.3) is 0 Å². The minimum absolute atomic E-state index is 0.0108. The minimum atomic E-state index is -6.13. The molecular formula is C48H53F3N8O12S3. The number of nitrogens with two attached hydrogens (primary N) is 1. The quantitative estimate of drug-likeness (QED) is 0.0306. The van der Waals surface area contributed by atoms with E-state index in [1.165, 1.54) is 42.1 Å². The lowest BCUT2D eigenvalue weighted by Crippen LogP contribution is -2.54. The molecule has 0 radical (unpaired) electrons. The third-order valence-electron chi connectivity index (χ3n) is 12.2. The largest absolute Gasteiger partial charge is 0.501 e. The Morgan fingerprint density at radius 1 is 0.824 bits per heavy atom. The summed E-state index contributed by atoms with van der Waals surface area (Å²) >= 11 is 1.38. The molecule has 74 heavy (non-hydrogen) atoms. The molecule has 3 aliphatic heterocycles. The Labute approximate surface area is 428 Å². The van der Waals surface area contributed by atoms with Crippen molar-refractivity contribution in [2.75, 3.05) is 87.8 Å². The van der Waals surface area contributed by atoms with Crippen molar-refractivity contribution in [2.24, 2.45) is 0 Å². The molecule has 0 saturated carbocycles. The number of hydrogen-bond donors (Lipinski definition) is 5. The summed E-state index contributed by atoms with van der Waals surface area (Å²) in [5.74, 6) is -3.37. The standard InChI is InChI=1S/C48H53F3N8O12S3/c49-48(50,51)73(66,67)40-29-35(74(68,69)56-44(62)31-9-11-32(52)12-10-31)13-14-37(40)54-33(30-72-34-5-2-1-3-6-34)17-20-57-21-23-58(24-22-57)42(61)18-25-70-27-28-71-26-19-53-38-8-4-7-36-43(38)47(65)59(46(36)64)39-15-16-41(60)55-45(39)63/h1-14,29,33,39,53-54H,15-28,30,52H2,(H,56,62)(H,55,60,63)/t33-,39?/m1/s1. The molecule has 2 saturated heterocycles. The molecule has 4 aromatic carbocycles. The first-order valence-electron chi connectivity index (χ1n) is 23.3. The summed E-state index contributed by atoms with van der Waals surface area (Å²) in [7, 11) is -11.0. The number of sulfonamides is 1. The Balaban J connectivity index is 0.862. The molecule has 20 nitrogen and oxygen atoms in total. The number of imide groups is 2. The molecule has 26 heteroatoms. The second-order valence-electron chi connectivity index (χ2n) is 17.2. The summed E-state index contributed by atoms with van der Waals surface area (Å²) in [5, 5.41) is 8.21. The third-order valence-corrected chi connectivity index (χ3v) is 16.2. The molecule has 0 aliphatic carbocycles. The van der Waals surface area contributed by atoms with Crippen LogP contribution in [-0.2, 0) is 43.7 Å². The maximum absolute atomic E-state index is 14.2. The number of sulfone groups is 1. The van der Waals surface area contributed by atoms with Crippen LogP contribution in [0.4, 0.5) is 30.2 Å². The van der Waals surface area contributed by atoms with Crippen molar-refractivity contribution in [3.05, 3.63) is 108 Å². The van der Waals surface area contributed by atoms with Gasteiger partial charge in [-0.25, -0.2) is 21.6 Å². The molecular weight excluding hydrogens is 1030 g/mol. The van der Waals surface area contributed by atoms with Crippen molar-refractivity contribution >= 4 is 84.1 Å². The van der Waals surface area contributed by atoms with E-state index in [9.17, 15) is 58.8 Å². The van der Waals surface area contributed by atoms with E-state index in [-0.39, 0.29) is 86.3 Å². The van der Waals surface area contributed by atoms with Crippen LogP contribution in [0.3, 0.4) is 0 Å². The van der Waals surface area contributed by atoms with Crippen molar-refractivity contribution in [1.29, 1.82) is 0 Å². The number of piperidine rings is 1. The fraction of sp³-hybridized carbons (Fsp3) is 0.375. The second-order valence-corrected chi connectivity index (χ2v) is 21.9. The number of piperazine rings is 1. The number of halogens is 3. The Bertz CT molecular complexity index is 2960. The van der Waals surface area contributed by atoms with Gasteiger partial charge in [0.25, 0.3) is 37.6 Å². The Morgan fingerprint density at radius 2 is 1.53 bits per heavy atom. The fourth-order valence-electron chi connectivity index (χ4n) is 8.26. The number of alkyl halides is 3. The van der Waals surface area contributed by atoms with Gasteiger partial charge >= 0.3 is 5.51 Å². The molecule has 3 heterocycles. The van der Waals surface area contributed by atoms with Crippen molar-refractivity contribution in [2.45, 2.75) is 58.0 Å². The molecule has 3 aliphatic rings. The van der Waals surface area contributed by atoms with Crippen LogP contribution in [0.5, 0.6) is 0 Å². The van der Waals surface area contributed by atoms with E-state index in [0.717, 1.165) is 21.9 Å². The highest BCUT2D eigenvalue weighted by Gasteiger charge is 2.49. The van der Waals surface area contributed by atoms with Crippen molar-refractivity contribution < 1.29 is 68.2 Å². The lowest BCUT2D eigenvalue weighted by atomic mass is 10.0. The number of rotatable bonds is 23. The monoisotopic (exact) mass is 1090 g/mol. The average Bonchev–Trinajstić information content (AvgIpc) is 3.62. The first-order valence-corrected chi connectivity index (χ1v) is 27.2. The summed E-state index contributed by atoms with van der Waals surface area (Å²) in [6.45, 7) is 3.18. The molecule has 0 aromatic heterocycles. The Kier molecular flexibility index (Phi) is 18.0. The lowest BCUT2D eigenvalue weighted by Gasteiger charge is -2.35. The zero-order chi connectivity index (χ0) is 53.2.